The Balaban J connectivity index is 2.26. The molecule has 0 aliphatic carbocycles. The molecular weight excluding hydrogens is 352 g/mol. The van der Waals surface area contributed by atoms with Gasteiger partial charge in [0.15, 0.2) is 0 Å². The summed E-state index contributed by atoms with van der Waals surface area (Å²) in [6, 6.07) is 4.04. The number of halogens is 1. The van der Waals surface area contributed by atoms with Crippen molar-refractivity contribution < 1.29 is 17.9 Å². The number of benzene rings is 1. The van der Waals surface area contributed by atoms with E-state index in [2.05, 4.69) is 5.32 Å². The molecule has 1 amide bonds. The van der Waals surface area contributed by atoms with Gasteiger partial charge in [0.25, 0.3) is 5.91 Å². The molecule has 2 rings (SSSR count). The van der Waals surface area contributed by atoms with E-state index in [0.29, 0.717) is 19.7 Å². The molecule has 1 heterocycles. The maximum atomic E-state index is 12.7. The highest BCUT2D eigenvalue weighted by atomic mass is 35.5. The van der Waals surface area contributed by atoms with Gasteiger partial charge in [-0.1, -0.05) is 18.0 Å². The maximum Gasteiger partial charge on any atom is 0.253 e. The number of carbonyl (C=O) groups excluding carboxylic acids is 1. The van der Waals surface area contributed by atoms with Crippen molar-refractivity contribution >= 4 is 27.5 Å². The molecule has 24 heavy (non-hydrogen) atoms. The van der Waals surface area contributed by atoms with Crippen molar-refractivity contribution in [1.82, 2.24) is 9.62 Å². The van der Waals surface area contributed by atoms with E-state index < -0.39 is 15.9 Å². The van der Waals surface area contributed by atoms with Crippen LogP contribution in [0.3, 0.4) is 0 Å². The highest BCUT2D eigenvalue weighted by Crippen LogP contribution is 2.25. The Morgan fingerprint density at radius 2 is 2.00 bits per heavy atom. The van der Waals surface area contributed by atoms with Crippen LogP contribution in [0.15, 0.2) is 23.1 Å². The number of hydrogen-bond acceptors (Lipinski definition) is 4. The van der Waals surface area contributed by atoms with Crippen LogP contribution in [-0.4, -0.2) is 51.5 Å². The normalized spacial score (nSPS) is 17.5. The number of ether oxygens (including phenoxy) is 1. The first-order valence-corrected chi connectivity index (χ1v) is 9.77. The van der Waals surface area contributed by atoms with Gasteiger partial charge in [-0.2, -0.15) is 4.31 Å². The fourth-order valence-corrected chi connectivity index (χ4v) is 4.43. The highest BCUT2D eigenvalue weighted by Gasteiger charge is 2.27. The molecule has 1 N–H and O–H groups in total. The molecule has 1 aliphatic heterocycles. The zero-order chi connectivity index (χ0) is 17.7. The quantitative estimate of drug-likeness (QED) is 0.828. The summed E-state index contributed by atoms with van der Waals surface area (Å²) in [5.74, 6) is -0.416. The fourth-order valence-electron chi connectivity index (χ4n) is 2.69. The van der Waals surface area contributed by atoms with Gasteiger partial charge in [0.05, 0.1) is 22.1 Å². The van der Waals surface area contributed by atoms with Crippen LogP contribution in [0, 0.1) is 0 Å². The smallest absolute Gasteiger partial charge is 0.253 e. The number of nitrogens with one attached hydrogen (secondary N) is 1. The first kappa shape index (κ1) is 19.2. The maximum absolute atomic E-state index is 12.7. The van der Waals surface area contributed by atoms with Crippen LogP contribution < -0.4 is 5.32 Å². The van der Waals surface area contributed by atoms with Crippen LogP contribution in [-0.2, 0) is 14.8 Å². The van der Waals surface area contributed by atoms with Crippen LogP contribution in [0.2, 0.25) is 5.02 Å². The van der Waals surface area contributed by atoms with Crippen LogP contribution in [0.25, 0.3) is 0 Å². The van der Waals surface area contributed by atoms with E-state index in [1.165, 1.54) is 22.5 Å². The summed E-state index contributed by atoms with van der Waals surface area (Å²) >= 11 is 6.09. The van der Waals surface area contributed by atoms with Gasteiger partial charge in [-0.15, -0.1) is 0 Å². The Morgan fingerprint density at radius 1 is 1.33 bits per heavy atom. The largest absolute Gasteiger partial charge is 0.383 e. The summed E-state index contributed by atoms with van der Waals surface area (Å²) in [4.78, 5) is 12.4. The van der Waals surface area contributed by atoms with Gasteiger partial charge >= 0.3 is 0 Å². The van der Waals surface area contributed by atoms with Crippen molar-refractivity contribution in [2.75, 3.05) is 26.8 Å². The van der Waals surface area contributed by atoms with Gasteiger partial charge in [-0.3, -0.25) is 4.79 Å². The summed E-state index contributed by atoms with van der Waals surface area (Å²) in [7, 11) is -2.06. The van der Waals surface area contributed by atoms with E-state index in [0.717, 1.165) is 19.3 Å². The van der Waals surface area contributed by atoms with E-state index in [1.54, 1.807) is 14.0 Å². The van der Waals surface area contributed by atoms with E-state index >= 15 is 0 Å². The molecule has 1 fully saturated rings. The van der Waals surface area contributed by atoms with E-state index in [4.69, 9.17) is 16.3 Å². The molecule has 0 bridgehead atoms. The fraction of sp³-hybridized carbons (Fsp3) is 0.562. The standard InChI is InChI=1S/C16H23ClN2O4S/c1-12(11-23-2)18-16(20)14-10-13(6-7-15(14)17)24(21,22)19-8-4-3-5-9-19/h6-7,10,12H,3-5,8-9,11H2,1-2H3,(H,18,20). The van der Waals surface area contributed by atoms with Crippen LogP contribution in [0.4, 0.5) is 0 Å². The monoisotopic (exact) mass is 374 g/mol. The molecule has 0 spiro atoms. The molecule has 1 aromatic rings. The number of amides is 1. The molecule has 1 unspecified atom stereocenters. The second-order valence-corrected chi connectivity index (χ2v) is 8.28. The Bertz CT molecular complexity index is 687. The van der Waals surface area contributed by atoms with Gasteiger partial charge in [0.1, 0.15) is 0 Å². The summed E-state index contributed by atoms with van der Waals surface area (Å²) in [5.41, 5.74) is 0.151. The predicted octanol–water partition coefficient (Wildman–Crippen LogP) is 2.28. The summed E-state index contributed by atoms with van der Waals surface area (Å²) in [6.45, 7) is 3.17. The zero-order valence-electron chi connectivity index (χ0n) is 13.9. The first-order valence-electron chi connectivity index (χ1n) is 7.95. The average molecular weight is 375 g/mol. The second-order valence-electron chi connectivity index (χ2n) is 5.94. The lowest BCUT2D eigenvalue weighted by Gasteiger charge is -2.26. The predicted molar refractivity (Wildman–Crippen MR) is 92.9 cm³/mol. The number of sulfonamides is 1. The van der Waals surface area contributed by atoms with Gasteiger partial charge in [-0.05, 0) is 38.0 Å². The van der Waals surface area contributed by atoms with Crippen molar-refractivity contribution in [3.63, 3.8) is 0 Å². The SMILES string of the molecule is COCC(C)NC(=O)c1cc(S(=O)(=O)N2CCCCC2)ccc1Cl. The van der Waals surface area contributed by atoms with Gasteiger partial charge in [0.2, 0.25) is 10.0 Å². The van der Waals surface area contributed by atoms with E-state index in [-0.39, 0.29) is 21.5 Å². The van der Waals surface area contributed by atoms with Crippen molar-refractivity contribution in [2.24, 2.45) is 0 Å². The lowest BCUT2D eigenvalue weighted by Crippen LogP contribution is -2.37. The second kappa shape index (κ2) is 8.29. The molecule has 0 aromatic heterocycles. The summed E-state index contributed by atoms with van der Waals surface area (Å²) in [6.07, 6.45) is 2.75. The van der Waals surface area contributed by atoms with Crippen molar-refractivity contribution in [1.29, 1.82) is 0 Å². The lowest BCUT2D eigenvalue weighted by molar-refractivity contribution is 0.0905. The molecule has 1 atom stereocenters. The van der Waals surface area contributed by atoms with E-state index in [9.17, 15) is 13.2 Å². The van der Waals surface area contributed by atoms with Crippen molar-refractivity contribution in [2.45, 2.75) is 37.1 Å². The van der Waals surface area contributed by atoms with Crippen LogP contribution in [0.5, 0.6) is 0 Å². The molecule has 1 aromatic carbocycles. The first-order chi connectivity index (χ1) is 11.4. The number of piperidine rings is 1. The van der Waals surface area contributed by atoms with Crippen LogP contribution in [0.1, 0.15) is 36.5 Å². The minimum atomic E-state index is -3.60. The molecule has 1 aliphatic rings. The molecule has 134 valence electrons. The summed E-state index contributed by atoms with van der Waals surface area (Å²) < 4.78 is 31.9. The molecule has 6 nitrogen and oxygen atoms in total. The minimum absolute atomic E-state index is 0.0957. The molecule has 8 heteroatoms. The average Bonchev–Trinajstić information content (AvgIpc) is 2.56. The molecule has 0 saturated carbocycles. The number of hydrogen-bond donors (Lipinski definition) is 1. The number of nitrogens with zero attached hydrogens (tertiary/aromatic N) is 1. The van der Waals surface area contributed by atoms with Crippen molar-refractivity contribution in [3.8, 4) is 0 Å². The zero-order valence-corrected chi connectivity index (χ0v) is 15.5. The molecule has 1 saturated heterocycles. The Labute approximate surface area is 148 Å². The van der Waals surface area contributed by atoms with Gasteiger partial charge in [0, 0.05) is 26.2 Å². The Morgan fingerprint density at radius 3 is 2.62 bits per heavy atom. The summed E-state index contributed by atoms with van der Waals surface area (Å²) in [5, 5.41) is 2.96. The van der Waals surface area contributed by atoms with Gasteiger partial charge in [-0.25, -0.2) is 8.42 Å². The minimum Gasteiger partial charge on any atom is -0.383 e. The highest BCUT2D eigenvalue weighted by molar-refractivity contribution is 7.89. The third kappa shape index (κ3) is 4.47. The van der Waals surface area contributed by atoms with E-state index in [1.807, 2.05) is 0 Å². The number of rotatable bonds is 6. The number of carbonyl (C=O) groups is 1. The van der Waals surface area contributed by atoms with Crippen molar-refractivity contribution in [3.05, 3.63) is 28.8 Å². The lowest BCUT2D eigenvalue weighted by atomic mass is 10.2. The number of methoxy groups -OCH3 is 1. The Hall–Kier alpha value is -1.15. The topological polar surface area (TPSA) is 75.7 Å². The molecule has 0 radical (unpaired) electrons. The third-order valence-corrected chi connectivity index (χ3v) is 6.15. The Kier molecular flexibility index (Phi) is 6.62. The molecular formula is C16H23ClN2O4S. The van der Waals surface area contributed by atoms with Crippen LogP contribution >= 0.6 is 11.6 Å². The van der Waals surface area contributed by atoms with Gasteiger partial charge < -0.3 is 10.1 Å². The third-order valence-electron chi connectivity index (χ3n) is 3.93.